The molecular formula is C12H25BrO5Si. The Labute approximate surface area is 125 Å². The van der Waals surface area contributed by atoms with Crippen LogP contribution >= 0.6 is 15.9 Å². The van der Waals surface area contributed by atoms with Crippen molar-refractivity contribution in [1.82, 2.24) is 0 Å². The molecule has 0 rings (SSSR count). The van der Waals surface area contributed by atoms with E-state index in [-0.39, 0.29) is 12.6 Å². The minimum atomic E-state index is -2.71. The van der Waals surface area contributed by atoms with E-state index in [4.69, 9.17) is 18.0 Å². The summed E-state index contributed by atoms with van der Waals surface area (Å²) in [4.78, 5) is 11.6. The molecule has 0 aromatic heterocycles. The molecule has 0 atom stereocenters. The fourth-order valence-electron chi connectivity index (χ4n) is 1.44. The van der Waals surface area contributed by atoms with E-state index in [0.717, 1.165) is 0 Å². The highest BCUT2D eigenvalue weighted by molar-refractivity contribution is 9.10. The standard InChI is InChI=1S/C12H25BrO5Si/c1-6-16-19(17-7-2,18-8-3)10-9-15-11(14)12(4,5)13/h6-10H2,1-5H3. The second kappa shape index (κ2) is 9.07. The summed E-state index contributed by atoms with van der Waals surface area (Å²) in [6, 6.07) is 0.470. The van der Waals surface area contributed by atoms with Crippen molar-refractivity contribution in [3.8, 4) is 0 Å². The highest BCUT2D eigenvalue weighted by Gasteiger charge is 2.40. The molecule has 0 aromatic carbocycles. The van der Waals surface area contributed by atoms with Gasteiger partial charge in [-0.3, -0.25) is 4.79 Å². The molecule has 0 aromatic rings. The van der Waals surface area contributed by atoms with Gasteiger partial charge in [0.15, 0.2) is 0 Å². The van der Waals surface area contributed by atoms with Gasteiger partial charge in [-0.05, 0) is 34.6 Å². The smallest absolute Gasteiger partial charge is 0.465 e. The molecule has 0 saturated heterocycles. The molecule has 0 amide bonds. The average Bonchev–Trinajstić information content (AvgIpc) is 2.28. The van der Waals surface area contributed by atoms with Gasteiger partial charge in [-0.1, -0.05) is 15.9 Å². The van der Waals surface area contributed by atoms with Crippen molar-refractivity contribution in [1.29, 1.82) is 0 Å². The second-order valence-electron chi connectivity index (χ2n) is 4.34. The van der Waals surface area contributed by atoms with Gasteiger partial charge in [0.25, 0.3) is 0 Å². The molecule has 0 N–H and O–H groups in total. The minimum absolute atomic E-state index is 0.236. The van der Waals surface area contributed by atoms with E-state index in [9.17, 15) is 4.79 Å². The Bertz CT molecular complexity index is 250. The zero-order valence-electron chi connectivity index (χ0n) is 12.5. The average molecular weight is 357 g/mol. The lowest BCUT2D eigenvalue weighted by Gasteiger charge is -2.28. The van der Waals surface area contributed by atoms with Gasteiger partial charge in [-0.15, -0.1) is 0 Å². The van der Waals surface area contributed by atoms with E-state index in [2.05, 4.69) is 15.9 Å². The van der Waals surface area contributed by atoms with Crippen LogP contribution in [0.25, 0.3) is 0 Å². The van der Waals surface area contributed by atoms with Gasteiger partial charge in [0.1, 0.15) is 4.32 Å². The van der Waals surface area contributed by atoms with Crippen LogP contribution in [-0.4, -0.2) is 45.5 Å². The molecule has 5 nitrogen and oxygen atoms in total. The zero-order valence-corrected chi connectivity index (χ0v) is 15.0. The van der Waals surface area contributed by atoms with Crippen molar-refractivity contribution < 1.29 is 22.8 Å². The molecule has 19 heavy (non-hydrogen) atoms. The Kier molecular flexibility index (Phi) is 9.09. The molecule has 0 aliphatic rings. The lowest BCUT2D eigenvalue weighted by molar-refractivity contribution is -0.145. The molecule has 0 heterocycles. The molecule has 0 aliphatic heterocycles. The van der Waals surface area contributed by atoms with Crippen molar-refractivity contribution in [2.24, 2.45) is 0 Å². The monoisotopic (exact) mass is 356 g/mol. The van der Waals surface area contributed by atoms with Gasteiger partial charge in [-0.25, -0.2) is 0 Å². The Hall–Kier alpha value is 0.0469. The van der Waals surface area contributed by atoms with Crippen molar-refractivity contribution in [3.63, 3.8) is 0 Å². The summed E-state index contributed by atoms with van der Waals surface area (Å²) in [5.74, 6) is -0.306. The third-order valence-corrected chi connectivity index (χ3v) is 5.55. The third kappa shape index (κ3) is 7.41. The van der Waals surface area contributed by atoms with Gasteiger partial charge >= 0.3 is 14.8 Å². The van der Waals surface area contributed by atoms with Gasteiger partial charge in [0.05, 0.1) is 12.7 Å². The van der Waals surface area contributed by atoms with Crippen LogP contribution in [0.3, 0.4) is 0 Å². The maximum absolute atomic E-state index is 11.6. The van der Waals surface area contributed by atoms with Crippen LogP contribution in [0, 0.1) is 0 Å². The summed E-state index contributed by atoms with van der Waals surface area (Å²) in [6.07, 6.45) is 0. The topological polar surface area (TPSA) is 54.0 Å². The van der Waals surface area contributed by atoms with Crippen LogP contribution < -0.4 is 0 Å². The quantitative estimate of drug-likeness (QED) is 0.342. The van der Waals surface area contributed by atoms with E-state index in [0.29, 0.717) is 25.9 Å². The predicted octanol–water partition coefficient (Wildman–Crippen LogP) is 2.75. The first kappa shape index (κ1) is 19.0. The summed E-state index contributed by atoms with van der Waals surface area (Å²) >= 11 is 3.26. The van der Waals surface area contributed by atoms with Crippen LogP contribution in [0.15, 0.2) is 0 Å². The van der Waals surface area contributed by atoms with Gasteiger partial charge in [0, 0.05) is 19.8 Å². The summed E-state index contributed by atoms with van der Waals surface area (Å²) in [5, 5.41) is 0. The minimum Gasteiger partial charge on any atom is -0.465 e. The molecule has 7 heteroatoms. The second-order valence-corrected chi connectivity index (χ2v) is 9.05. The number of rotatable bonds is 10. The van der Waals surface area contributed by atoms with Crippen molar-refractivity contribution in [2.45, 2.75) is 45.0 Å². The Morgan fingerprint density at radius 2 is 1.47 bits per heavy atom. The van der Waals surface area contributed by atoms with E-state index in [1.54, 1.807) is 13.8 Å². The largest absolute Gasteiger partial charge is 0.504 e. The van der Waals surface area contributed by atoms with Crippen LogP contribution in [0.5, 0.6) is 0 Å². The van der Waals surface area contributed by atoms with E-state index >= 15 is 0 Å². The number of hydrogen-bond donors (Lipinski definition) is 0. The van der Waals surface area contributed by atoms with Crippen LogP contribution in [0.2, 0.25) is 6.04 Å². The summed E-state index contributed by atoms with van der Waals surface area (Å²) in [7, 11) is -2.71. The van der Waals surface area contributed by atoms with E-state index in [1.165, 1.54) is 0 Å². The molecule has 0 bridgehead atoms. The van der Waals surface area contributed by atoms with E-state index in [1.807, 2.05) is 20.8 Å². The molecule has 0 saturated carbocycles. The van der Waals surface area contributed by atoms with Crippen molar-refractivity contribution in [2.75, 3.05) is 26.4 Å². The lowest BCUT2D eigenvalue weighted by atomic mass is 10.2. The Balaban J connectivity index is 4.44. The number of carbonyl (C=O) groups excluding carboxylic acids is 1. The van der Waals surface area contributed by atoms with Crippen LogP contribution in [0.1, 0.15) is 34.6 Å². The molecule has 0 spiro atoms. The third-order valence-electron chi connectivity index (χ3n) is 2.22. The number of carbonyl (C=O) groups is 1. The maximum atomic E-state index is 11.6. The summed E-state index contributed by atoms with van der Waals surface area (Å²) in [6.45, 7) is 11.0. The number of esters is 1. The van der Waals surface area contributed by atoms with Gasteiger partial charge < -0.3 is 18.0 Å². The number of halogens is 1. The molecule has 0 aliphatic carbocycles. The van der Waals surface area contributed by atoms with E-state index < -0.39 is 13.1 Å². The van der Waals surface area contributed by atoms with Crippen LogP contribution in [-0.2, 0) is 22.8 Å². The number of hydrogen-bond acceptors (Lipinski definition) is 5. The number of alkyl halides is 1. The highest BCUT2D eigenvalue weighted by Crippen LogP contribution is 2.20. The normalized spacial score (nSPS) is 12.5. The SMILES string of the molecule is CCO[Si](CCOC(=O)C(C)(C)Br)(OCC)OCC. The van der Waals surface area contributed by atoms with Gasteiger partial charge in [0.2, 0.25) is 0 Å². The molecular weight excluding hydrogens is 332 g/mol. The maximum Gasteiger partial charge on any atom is 0.504 e. The highest BCUT2D eigenvalue weighted by atomic mass is 79.9. The number of ether oxygens (including phenoxy) is 1. The van der Waals surface area contributed by atoms with Crippen molar-refractivity contribution in [3.05, 3.63) is 0 Å². The Morgan fingerprint density at radius 1 is 1.05 bits per heavy atom. The first-order chi connectivity index (χ1) is 8.81. The first-order valence-electron chi connectivity index (χ1n) is 6.59. The predicted molar refractivity (Wildman–Crippen MR) is 79.4 cm³/mol. The van der Waals surface area contributed by atoms with Crippen LogP contribution in [0.4, 0.5) is 0 Å². The van der Waals surface area contributed by atoms with Crippen molar-refractivity contribution >= 4 is 30.7 Å². The lowest BCUT2D eigenvalue weighted by Crippen LogP contribution is -2.47. The first-order valence-corrected chi connectivity index (χ1v) is 9.31. The molecule has 114 valence electrons. The molecule has 0 radical (unpaired) electrons. The molecule has 0 unspecified atom stereocenters. The Morgan fingerprint density at radius 3 is 1.79 bits per heavy atom. The van der Waals surface area contributed by atoms with Gasteiger partial charge in [-0.2, -0.15) is 0 Å². The summed E-state index contributed by atoms with van der Waals surface area (Å²) in [5.41, 5.74) is 0. The fourth-order valence-corrected chi connectivity index (χ4v) is 3.91. The summed E-state index contributed by atoms with van der Waals surface area (Å²) < 4.78 is 21.5. The fraction of sp³-hybridized carbons (Fsp3) is 0.917. The molecule has 0 fully saturated rings. The zero-order chi connectivity index (χ0) is 14.9.